The molecule has 0 saturated carbocycles. The molecule has 0 aliphatic rings. The number of nitrogens with zero attached hydrogens (tertiary/aromatic N) is 3. The summed E-state index contributed by atoms with van der Waals surface area (Å²) in [5.41, 5.74) is 10.3. The molecule has 0 aliphatic heterocycles. The molecule has 0 unspecified atom stereocenters. The van der Waals surface area contributed by atoms with E-state index in [2.05, 4.69) is 26.0 Å². The molecule has 112 valence electrons. The first kappa shape index (κ1) is 14.3. The van der Waals surface area contributed by atoms with Crippen LogP contribution in [-0.4, -0.2) is 25.8 Å². The molecule has 0 amide bonds. The number of hydrogen-bond acceptors (Lipinski definition) is 4. The molecular formula is C16H13N7. The molecule has 7 heteroatoms. The van der Waals surface area contributed by atoms with Gasteiger partial charge >= 0.3 is 0 Å². The van der Waals surface area contributed by atoms with E-state index in [4.69, 9.17) is 16.4 Å². The van der Waals surface area contributed by atoms with Crippen LogP contribution in [0.5, 0.6) is 0 Å². The number of nitrogens with two attached hydrogens (primary N) is 1. The minimum absolute atomic E-state index is 0.0755. The Morgan fingerprint density at radius 1 is 1.00 bits per heavy atom. The normalized spacial score (nSPS) is 10.0. The van der Waals surface area contributed by atoms with Gasteiger partial charge in [-0.05, 0) is 36.4 Å². The molecule has 5 N–H and O–H groups in total. The third kappa shape index (κ3) is 3.01. The summed E-state index contributed by atoms with van der Waals surface area (Å²) in [5.74, 6) is 0.0755. The standard InChI is InChI=1S/C8H8N4.C8H5N3/c9-8(10)5-1-2-6-7(3-5)12-4-11-6;9-4-6-1-2-7-8(3-6)11-5-10-7/h1-4H,(H3,9,10)(H,11,12);1-3,5H,(H,10,11). The molecule has 2 heterocycles. The highest BCUT2D eigenvalue weighted by Gasteiger charge is 1.99. The van der Waals surface area contributed by atoms with Crippen molar-refractivity contribution in [2.45, 2.75) is 0 Å². The molecule has 0 atom stereocenters. The number of H-pyrrole nitrogens is 2. The lowest BCUT2D eigenvalue weighted by Gasteiger charge is -1.96. The van der Waals surface area contributed by atoms with Gasteiger partial charge in [-0.2, -0.15) is 5.26 Å². The van der Waals surface area contributed by atoms with Crippen LogP contribution in [0, 0.1) is 16.7 Å². The fourth-order valence-electron chi connectivity index (χ4n) is 2.11. The average Bonchev–Trinajstić information content (AvgIpc) is 3.22. The number of fused-ring (bicyclic) bond motifs is 2. The second-order valence-electron chi connectivity index (χ2n) is 4.79. The summed E-state index contributed by atoms with van der Waals surface area (Å²) in [5, 5.41) is 15.8. The molecule has 7 nitrogen and oxygen atoms in total. The van der Waals surface area contributed by atoms with Crippen molar-refractivity contribution >= 4 is 27.9 Å². The summed E-state index contributed by atoms with van der Waals surface area (Å²) >= 11 is 0. The Balaban J connectivity index is 0.000000136. The molecule has 0 saturated heterocycles. The second kappa shape index (κ2) is 5.99. The predicted octanol–water partition coefficient (Wildman–Crippen LogP) is 2.28. The molecule has 2 aromatic carbocycles. The SMILES string of the molecule is N#Cc1ccc2nc[nH]c2c1.N=C(N)c1ccc2nc[nH]c2c1. The number of benzene rings is 2. The molecule has 4 rings (SSSR count). The number of rotatable bonds is 1. The van der Waals surface area contributed by atoms with Crippen LogP contribution in [0.25, 0.3) is 22.1 Å². The van der Waals surface area contributed by atoms with Crippen molar-refractivity contribution in [3.8, 4) is 6.07 Å². The van der Waals surface area contributed by atoms with Gasteiger partial charge in [-0.15, -0.1) is 0 Å². The van der Waals surface area contributed by atoms with E-state index >= 15 is 0 Å². The van der Waals surface area contributed by atoms with E-state index in [1.807, 2.05) is 18.2 Å². The number of hydrogen-bond donors (Lipinski definition) is 4. The van der Waals surface area contributed by atoms with E-state index in [-0.39, 0.29) is 5.84 Å². The smallest absolute Gasteiger partial charge is 0.122 e. The Hall–Kier alpha value is -3.66. The summed E-state index contributed by atoms with van der Waals surface area (Å²) in [7, 11) is 0. The quantitative estimate of drug-likeness (QED) is 0.317. The zero-order valence-corrected chi connectivity index (χ0v) is 12.0. The molecule has 0 aliphatic carbocycles. The zero-order chi connectivity index (χ0) is 16.2. The van der Waals surface area contributed by atoms with Crippen LogP contribution >= 0.6 is 0 Å². The fourth-order valence-corrected chi connectivity index (χ4v) is 2.11. The highest BCUT2D eigenvalue weighted by Crippen LogP contribution is 2.11. The molecule has 2 aromatic heterocycles. The van der Waals surface area contributed by atoms with E-state index in [9.17, 15) is 0 Å². The van der Waals surface area contributed by atoms with Crippen molar-refractivity contribution in [2.24, 2.45) is 5.73 Å². The maximum Gasteiger partial charge on any atom is 0.122 e. The van der Waals surface area contributed by atoms with Crippen LogP contribution in [-0.2, 0) is 0 Å². The number of imidazole rings is 2. The highest BCUT2D eigenvalue weighted by molar-refractivity contribution is 5.97. The first-order valence-corrected chi connectivity index (χ1v) is 6.78. The van der Waals surface area contributed by atoms with E-state index < -0.39 is 0 Å². The van der Waals surface area contributed by atoms with Crippen LogP contribution < -0.4 is 5.73 Å². The maximum absolute atomic E-state index is 8.55. The van der Waals surface area contributed by atoms with E-state index in [1.54, 1.807) is 30.9 Å². The Kier molecular flexibility index (Phi) is 3.72. The lowest BCUT2D eigenvalue weighted by molar-refractivity contribution is 1.34. The van der Waals surface area contributed by atoms with Crippen LogP contribution in [0.3, 0.4) is 0 Å². The predicted molar refractivity (Wildman–Crippen MR) is 87.9 cm³/mol. The van der Waals surface area contributed by atoms with Crippen molar-refractivity contribution in [3.05, 3.63) is 60.2 Å². The Bertz CT molecular complexity index is 1020. The summed E-state index contributed by atoms with van der Waals surface area (Å²) in [6, 6.07) is 12.8. The summed E-state index contributed by atoms with van der Waals surface area (Å²) in [6.07, 6.45) is 3.24. The minimum Gasteiger partial charge on any atom is -0.384 e. The summed E-state index contributed by atoms with van der Waals surface area (Å²) in [4.78, 5) is 14.0. The number of aromatic amines is 2. The van der Waals surface area contributed by atoms with Crippen molar-refractivity contribution < 1.29 is 0 Å². The fraction of sp³-hybridized carbons (Fsp3) is 0. The number of nitrogens with one attached hydrogen (secondary N) is 3. The van der Waals surface area contributed by atoms with Gasteiger partial charge < -0.3 is 15.7 Å². The van der Waals surface area contributed by atoms with Gasteiger partial charge in [-0.1, -0.05) is 0 Å². The van der Waals surface area contributed by atoms with Gasteiger partial charge in [0.25, 0.3) is 0 Å². The van der Waals surface area contributed by atoms with E-state index in [1.165, 1.54) is 0 Å². The molecule has 0 fully saturated rings. The Labute approximate surface area is 131 Å². The molecule has 4 aromatic rings. The van der Waals surface area contributed by atoms with Crippen molar-refractivity contribution in [1.82, 2.24) is 19.9 Å². The minimum atomic E-state index is 0.0755. The molecular weight excluding hydrogens is 290 g/mol. The van der Waals surface area contributed by atoms with E-state index in [0.29, 0.717) is 11.1 Å². The van der Waals surface area contributed by atoms with Gasteiger partial charge in [0.1, 0.15) is 5.84 Å². The van der Waals surface area contributed by atoms with Crippen LogP contribution in [0.2, 0.25) is 0 Å². The van der Waals surface area contributed by atoms with Gasteiger partial charge in [0.15, 0.2) is 0 Å². The van der Waals surface area contributed by atoms with Crippen LogP contribution in [0.4, 0.5) is 0 Å². The van der Waals surface area contributed by atoms with Crippen molar-refractivity contribution in [2.75, 3.05) is 0 Å². The molecule has 23 heavy (non-hydrogen) atoms. The van der Waals surface area contributed by atoms with Gasteiger partial charge in [-0.3, -0.25) is 5.41 Å². The van der Waals surface area contributed by atoms with Gasteiger partial charge in [0, 0.05) is 5.56 Å². The van der Waals surface area contributed by atoms with E-state index in [0.717, 1.165) is 22.1 Å². The number of nitriles is 1. The number of nitrogen functional groups attached to an aromatic ring is 1. The van der Waals surface area contributed by atoms with Gasteiger partial charge in [0.05, 0.1) is 46.4 Å². The zero-order valence-electron chi connectivity index (χ0n) is 12.0. The summed E-state index contributed by atoms with van der Waals surface area (Å²) in [6.45, 7) is 0. The topological polar surface area (TPSA) is 131 Å². The monoisotopic (exact) mass is 303 g/mol. The molecule has 0 spiro atoms. The average molecular weight is 303 g/mol. The summed E-state index contributed by atoms with van der Waals surface area (Å²) < 4.78 is 0. The highest BCUT2D eigenvalue weighted by atomic mass is 14.9. The Morgan fingerprint density at radius 2 is 1.61 bits per heavy atom. The van der Waals surface area contributed by atoms with Gasteiger partial charge in [-0.25, -0.2) is 9.97 Å². The third-order valence-corrected chi connectivity index (χ3v) is 3.28. The lowest BCUT2D eigenvalue weighted by Crippen LogP contribution is -2.10. The first-order chi connectivity index (χ1) is 11.2. The molecule has 0 radical (unpaired) electrons. The maximum atomic E-state index is 8.55. The third-order valence-electron chi connectivity index (χ3n) is 3.28. The van der Waals surface area contributed by atoms with Crippen LogP contribution in [0.1, 0.15) is 11.1 Å². The largest absolute Gasteiger partial charge is 0.384 e. The molecule has 0 bridgehead atoms. The van der Waals surface area contributed by atoms with Crippen molar-refractivity contribution in [3.63, 3.8) is 0 Å². The van der Waals surface area contributed by atoms with Crippen molar-refractivity contribution in [1.29, 1.82) is 10.7 Å². The number of aromatic nitrogens is 4. The first-order valence-electron chi connectivity index (χ1n) is 6.78. The number of amidine groups is 1. The lowest BCUT2D eigenvalue weighted by atomic mass is 10.2. The second-order valence-corrected chi connectivity index (χ2v) is 4.79. The van der Waals surface area contributed by atoms with Gasteiger partial charge in [0.2, 0.25) is 0 Å². The van der Waals surface area contributed by atoms with Crippen LogP contribution in [0.15, 0.2) is 49.1 Å². The Morgan fingerprint density at radius 3 is 2.22 bits per heavy atom.